The summed E-state index contributed by atoms with van der Waals surface area (Å²) in [6.45, 7) is 0.107. The maximum Gasteiger partial charge on any atom is 0.288 e. The molecule has 0 N–H and O–H groups in total. The summed E-state index contributed by atoms with van der Waals surface area (Å²) in [6, 6.07) is 7.64. The molecule has 2 aromatic carbocycles. The standard InChI is InChI=1S/C13H7BrCl3NO3/c14-8-4-11(17)13(5-10(8)16)21-6-7-1-2-9(15)12(3-7)18(19)20/h1-5H,6H2. The van der Waals surface area contributed by atoms with Gasteiger partial charge in [-0.3, -0.25) is 10.1 Å². The average Bonchev–Trinajstić information content (AvgIpc) is 2.42. The Balaban J connectivity index is 2.19. The first-order valence-electron chi connectivity index (χ1n) is 5.58. The van der Waals surface area contributed by atoms with Crippen molar-refractivity contribution in [2.75, 3.05) is 0 Å². The minimum absolute atomic E-state index is 0.0773. The second kappa shape index (κ2) is 6.83. The van der Waals surface area contributed by atoms with Gasteiger partial charge in [-0.1, -0.05) is 40.9 Å². The van der Waals surface area contributed by atoms with Crippen molar-refractivity contribution in [2.24, 2.45) is 0 Å². The lowest BCUT2D eigenvalue weighted by Gasteiger charge is -2.09. The molecule has 2 aromatic rings. The van der Waals surface area contributed by atoms with Gasteiger partial charge in [-0.2, -0.15) is 0 Å². The molecule has 0 fully saturated rings. The van der Waals surface area contributed by atoms with Crippen molar-refractivity contribution in [3.63, 3.8) is 0 Å². The Kier molecular flexibility index (Phi) is 5.32. The molecule has 0 saturated carbocycles. The number of nitro groups is 1. The Hall–Kier alpha value is -1.01. The molecule has 0 atom stereocenters. The van der Waals surface area contributed by atoms with Gasteiger partial charge in [0.05, 0.1) is 15.0 Å². The van der Waals surface area contributed by atoms with E-state index in [-0.39, 0.29) is 17.3 Å². The van der Waals surface area contributed by atoms with E-state index in [1.54, 1.807) is 18.2 Å². The van der Waals surface area contributed by atoms with E-state index in [0.717, 1.165) is 0 Å². The monoisotopic (exact) mass is 409 g/mol. The van der Waals surface area contributed by atoms with E-state index in [1.807, 2.05) is 0 Å². The molecular formula is C13H7BrCl3NO3. The molecule has 21 heavy (non-hydrogen) atoms. The molecule has 0 aliphatic heterocycles. The number of hydrogen-bond acceptors (Lipinski definition) is 3. The Morgan fingerprint density at radius 3 is 2.48 bits per heavy atom. The van der Waals surface area contributed by atoms with Crippen LogP contribution in [0.4, 0.5) is 5.69 Å². The van der Waals surface area contributed by atoms with E-state index in [1.165, 1.54) is 12.1 Å². The fourth-order valence-electron chi connectivity index (χ4n) is 1.56. The summed E-state index contributed by atoms with van der Waals surface area (Å²) in [4.78, 5) is 10.3. The van der Waals surface area contributed by atoms with Crippen molar-refractivity contribution in [2.45, 2.75) is 6.61 Å². The van der Waals surface area contributed by atoms with Crippen LogP contribution in [0.5, 0.6) is 5.75 Å². The molecule has 0 aliphatic carbocycles. The van der Waals surface area contributed by atoms with Gasteiger partial charge in [-0.05, 0) is 33.6 Å². The van der Waals surface area contributed by atoms with Crippen LogP contribution in [0.1, 0.15) is 5.56 Å². The zero-order valence-electron chi connectivity index (χ0n) is 10.3. The highest BCUT2D eigenvalue weighted by Crippen LogP contribution is 2.34. The minimum atomic E-state index is -0.546. The number of halogens is 4. The normalized spacial score (nSPS) is 10.5. The van der Waals surface area contributed by atoms with Crippen molar-refractivity contribution < 1.29 is 9.66 Å². The first-order valence-corrected chi connectivity index (χ1v) is 7.51. The number of benzene rings is 2. The molecule has 8 heteroatoms. The van der Waals surface area contributed by atoms with Crippen molar-refractivity contribution in [1.29, 1.82) is 0 Å². The summed E-state index contributed by atoms with van der Waals surface area (Å²) >= 11 is 21.0. The lowest BCUT2D eigenvalue weighted by molar-refractivity contribution is -0.384. The van der Waals surface area contributed by atoms with Crippen LogP contribution in [0.15, 0.2) is 34.8 Å². The first-order chi connectivity index (χ1) is 9.88. The highest BCUT2D eigenvalue weighted by atomic mass is 79.9. The lowest BCUT2D eigenvalue weighted by Crippen LogP contribution is -1.98. The van der Waals surface area contributed by atoms with Gasteiger partial charge in [0, 0.05) is 16.6 Å². The summed E-state index contributed by atoms with van der Waals surface area (Å²) in [5.41, 5.74) is 0.430. The number of ether oxygens (including phenoxy) is 1. The molecule has 2 rings (SSSR count). The topological polar surface area (TPSA) is 52.4 Å². The molecule has 4 nitrogen and oxygen atoms in total. The van der Waals surface area contributed by atoms with E-state index in [4.69, 9.17) is 39.5 Å². The third-order valence-electron chi connectivity index (χ3n) is 2.58. The van der Waals surface area contributed by atoms with Crippen LogP contribution in [0.3, 0.4) is 0 Å². The van der Waals surface area contributed by atoms with Crippen molar-refractivity contribution in [3.05, 3.63) is 65.6 Å². The van der Waals surface area contributed by atoms with Crippen LogP contribution >= 0.6 is 50.7 Å². The molecule has 0 bridgehead atoms. The summed E-state index contributed by atoms with van der Waals surface area (Å²) in [5, 5.41) is 11.7. The molecule has 110 valence electrons. The Morgan fingerprint density at radius 1 is 1.10 bits per heavy atom. The van der Waals surface area contributed by atoms with Crippen molar-refractivity contribution in [1.82, 2.24) is 0 Å². The van der Waals surface area contributed by atoms with Crippen molar-refractivity contribution >= 4 is 56.4 Å². The molecule has 0 amide bonds. The molecule has 0 radical (unpaired) electrons. The van der Waals surface area contributed by atoms with Crippen LogP contribution in [0, 0.1) is 10.1 Å². The summed E-state index contributed by atoms with van der Waals surface area (Å²) < 4.78 is 6.19. The summed E-state index contributed by atoms with van der Waals surface area (Å²) in [7, 11) is 0. The van der Waals surface area contributed by atoms with Gasteiger partial charge in [-0.15, -0.1) is 0 Å². The quantitative estimate of drug-likeness (QED) is 0.358. The number of nitrogens with zero attached hydrogens (tertiary/aromatic N) is 1. The van der Waals surface area contributed by atoms with Crippen LogP contribution in [-0.4, -0.2) is 4.92 Å². The first kappa shape index (κ1) is 16.4. The van der Waals surface area contributed by atoms with E-state index >= 15 is 0 Å². The van der Waals surface area contributed by atoms with E-state index in [9.17, 15) is 10.1 Å². The minimum Gasteiger partial charge on any atom is -0.487 e. The number of hydrogen-bond donors (Lipinski definition) is 0. The van der Waals surface area contributed by atoms with Gasteiger partial charge in [0.15, 0.2) is 0 Å². The fourth-order valence-corrected chi connectivity index (χ4v) is 2.60. The van der Waals surface area contributed by atoms with Crippen LogP contribution < -0.4 is 4.74 Å². The molecule has 0 aliphatic rings. The second-order valence-electron chi connectivity index (χ2n) is 4.03. The lowest BCUT2D eigenvalue weighted by atomic mass is 10.2. The van der Waals surface area contributed by atoms with Gasteiger partial charge < -0.3 is 4.74 Å². The zero-order valence-corrected chi connectivity index (χ0v) is 14.1. The summed E-state index contributed by atoms with van der Waals surface area (Å²) in [6.07, 6.45) is 0. The van der Waals surface area contributed by atoms with Gasteiger partial charge >= 0.3 is 0 Å². The van der Waals surface area contributed by atoms with Gasteiger partial charge in [0.1, 0.15) is 17.4 Å². The smallest absolute Gasteiger partial charge is 0.288 e. The van der Waals surface area contributed by atoms with Gasteiger partial charge in [-0.25, -0.2) is 0 Å². The molecule has 0 aromatic heterocycles. The maximum atomic E-state index is 10.8. The van der Waals surface area contributed by atoms with Gasteiger partial charge in [0.2, 0.25) is 0 Å². The molecular weight excluding hydrogens is 404 g/mol. The van der Waals surface area contributed by atoms with E-state index in [0.29, 0.717) is 25.8 Å². The SMILES string of the molecule is O=[N+]([O-])c1cc(COc2cc(Cl)c(Br)cc2Cl)ccc1Cl. The Morgan fingerprint density at radius 2 is 1.81 bits per heavy atom. The highest BCUT2D eigenvalue weighted by Gasteiger charge is 2.13. The average molecular weight is 411 g/mol. The Labute approximate surface area is 143 Å². The third kappa shape index (κ3) is 4.01. The number of nitro benzene ring substituents is 1. The number of rotatable bonds is 4. The maximum absolute atomic E-state index is 10.8. The van der Waals surface area contributed by atoms with Crippen LogP contribution in [0.2, 0.25) is 15.1 Å². The van der Waals surface area contributed by atoms with E-state index < -0.39 is 4.92 Å². The highest BCUT2D eigenvalue weighted by molar-refractivity contribution is 9.10. The summed E-state index contributed by atoms with van der Waals surface area (Å²) in [5.74, 6) is 0.391. The van der Waals surface area contributed by atoms with Crippen LogP contribution in [0.25, 0.3) is 0 Å². The molecule has 0 heterocycles. The molecule has 0 spiro atoms. The Bertz CT molecular complexity index is 709. The fraction of sp³-hybridized carbons (Fsp3) is 0.0769. The molecule has 0 saturated heterocycles. The molecule has 0 unspecified atom stereocenters. The van der Waals surface area contributed by atoms with Crippen LogP contribution in [-0.2, 0) is 6.61 Å². The second-order valence-corrected chi connectivity index (χ2v) is 6.10. The predicted molar refractivity (Wildman–Crippen MR) is 86.6 cm³/mol. The van der Waals surface area contributed by atoms with Gasteiger partial charge in [0.25, 0.3) is 5.69 Å². The predicted octanol–water partition coefficient (Wildman–Crippen LogP) is 5.90. The largest absolute Gasteiger partial charge is 0.487 e. The third-order valence-corrected chi connectivity index (χ3v) is 4.39. The zero-order chi connectivity index (χ0) is 15.6. The van der Waals surface area contributed by atoms with Crippen molar-refractivity contribution in [3.8, 4) is 5.75 Å². The van der Waals surface area contributed by atoms with E-state index in [2.05, 4.69) is 15.9 Å².